The van der Waals surface area contributed by atoms with Crippen LogP contribution in [-0.4, -0.2) is 19.1 Å². The predicted octanol–water partition coefficient (Wildman–Crippen LogP) is 8.14. The molecule has 31 heavy (non-hydrogen) atoms. The third kappa shape index (κ3) is 8.71. The van der Waals surface area contributed by atoms with Crippen LogP contribution in [0.15, 0.2) is 61.2 Å². The second kappa shape index (κ2) is 15.6. The van der Waals surface area contributed by atoms with Gasteiger partial charge >= 0.3 is 39.3 Å². The van der Waals surface area contributed by atoms with Gasteiger partial charge in [-0.3, -0.25) is 0 Å². The maximum absolute atomic E-state index is 4.36. The number of fused-ring (bicyclic) bond motifs is 2. The Balaban J connectivity index is 0.000000196. The molecule has 0 fully saturated rings. The van der Waals surface area contributed by atoms with Crippen molar-refractivity contribution in [1.82, 2.24) is 19.1 Å². The van der Waals surface area contributed by atoms with Gasteiger partial charge in [0.05, 0.1) is 34.7 Å². The molecule has 0 unspecified atom stereocenters. The number of unbranched alkanes of at least 4 members (excludes halogenated alkanes) is 4. The van der Waals surface area contributed by atoms with Gasteiger partial charge < -0.3 is 9.13 Å². The Kier molecular flexibility index (Phi) is 13.1. The van der Waals surface area contributed by atoms with Crippen LogP contribution < -0.4 is 0 Å². The van der Waals surface area contributed by atoms with E-state index in [1.54, 1.807) is 0 Å². The van der Waals surface area contributed by atoms with E-state index in [0.29, 0.717) is 0 Å². The van der Waals surface area contributed by atoms with Gasteiger partial charge in [-0.2, -0.15) is 0 Å². The van der Waals surface area contributed by atoms with E-state index in [2.05, 4.69) is 97.8 Å². The molecule has 2 aromatic carbocycles. The fraction of sp³-hybridized carbons (Fsp3) is 0.417. The van der Waals surface area contributed by atoms with E-state index in [9.17, 15) is 0 Å². The fourth-order valence-electron chi connectivity index (χ4n) is 3.44. The molecule has 4 rings (SSSR count). The molecule has 0 atom stereocenters. The molecular weight excluding hydrogens is 563 g/mol. The second-order valence-corrected chi connectivity index (χ2v) is 12.3. The number of nitrogens with zero attached hydrogens (tertiary/aromatic N) is 4. The molecule has 2 heterocycles. The van der Waals surface area contributed by atoms with Crippen LogP contribution in [0, 0.1) is 0 Å². The molecule has 0 saturated heterocycles. The van der Waals surface area contributed by atoms with Gasteiger partial charge in [-0.25, -0.2) is 9.97 Å². The standard InChI is InChI=1S/2C12H16N2.2BrH.Ni/c2*1-2-3-6-9-14-10-13-11-7-4-5-8-12(11)14;;;/h2*4-5,7-8,10H,2-3,6,9H2,1H3;2*1H;/q;;;;+2/p-2. The van der Waals surface area contributed by atoms with Crippen molar-refractivity contribution in [3.63, 3.8) is 0 Å². The zero-order chi connectivity index (χ0) is 22.3. The van der Waals surface area contributed by atoms with Gasteiger partial charge in [-0.05, 0) is 37.1 Å². The summed E-state index contributed by atoms with van der Waals surface area (Å²) >= 11 is 6.00. The maximum atomic E-state index is 4.36. The monoisotopic (exact) mass is 592 g/mol. The molecule has 0 bridgehead atoms. The molecule has 4 nitrogen and oxygen atoms in total. The molecule has 0 aliphatic heterocycles. The molecule has 0 aliphatic rings. The number of imidazole rings is 2. The Morgan fingerprint density at radius 3 is 1.45 bits per heavy atom. The summed E-state index contributed by atoms with van der Waals surface area (Å²) in [6.45, 7) is 6.64. The van der Waals surface area contributed by atoms with E-state index in [-0.39, 0.29) is 0 Å². The van der Waals surface area contributed by atoms with E-state index < -0.39 is 0 Å². The second-order valence-electron chi connectivity index (χ2n) is 7.31. The number of rotatable bonds is 8. The van der Waals surface area contributed by atoms with Crippen LogP contribution in [0.25, 0.3) is 22.1 Å². The number of benzene rings is 2. The van der Waals surface area contributed by atoms with Gasteiger partial charge in [-0.15, -0.1) is 0 Å². The molecule has 4 aromatic rings. The van der Waals surface area contributed by atoms with Crippen LogP contribution in [0.3, 0.4) is 0 Å². The Labute approximate surface area is 206 Å². The Morgan fingerprint density at radius 2 is 1.06 bits per heavy atom. The van der Waals surface area contributed by atoms with Crippen LogP contribution in [0.4, 0.5) is 0 Å². The van der Waals surface area contributed by atoms with Crippen molar-refractivity contribution < 1.29 is 10.9 Å². The molecule has 7 heteroatoms. The Hall–Kier alpha value is -1.17. The van der Waals surface area contributed by atoms with E-state index in [1.165, 1.54) is 60.5 Å². The van der Waals surface area contributed by atoms with Crippen molar-refractivity contribution in [1.29, 1.82) is 0 Å². The van der Waals surface area contributed by atoms with Crippen LogP contribution in [0.2, 0.25) is 0 Å². The number of halogens is 2. The van der Waals surface area contributed by atoms with Crippen LogP contribution in [0.1, 0.15) is 52.4 Å². The molecular formula is C24H32Br2N4Ni. The summed E-state index contributed by atoms with van der Waals surface area (Å²) in [5.74, 6) is 0. The molecule has 0 radical (unpaired) electrons. The molecule has 0 saturated carbocycles. The molecule has 0 spiro atoms. The normalized spacial score (nSPS) is 10.6. The average Bonchev–Trinajstić information content (AvgIpc) is 3.40. The van der Waals surface area contributed by atoms with Gasteiger partial charge in [0.1, 0.15) is 0 Å². The van der Waals surface area contributed by atoms with E-state index >= 15 is 0 Å². The number of para-hydroxylation sites is 4. The minimum absolute atomic E-state index is 1.09. The summed E-state index contributed by atoms with van der Waals surface area (Å²) in [4.78, 5) is 8.72. The minimum atomic E-state index is 1.09. The Bertz CT molecular complexity index is 919. The third-order valence-corrected chi connectivity index (χ3v) is 5.06. The molecule has 0 amide bonds. The third-order valence-electron chi connectivity index (χ3n) is 5.06. The predicted molar refractivity (Wildman–Crippen MR) is 136 cm³/mol. The topological polar surface area (TPSA) is 35.6 Å². The first-order valence-corrected chi connectivity index (χ1v) is 15.7. The zero-order valence-electron chi connectivity index (χ0n) is 18.3. The van der Waals surface area contributed by atoms with Gasteiger partial charge in [0.15, 0.2) is 0 Å². The number of aryl methyl sites for hydroxylation is 2. The summed E-state index contributed by atoms with van der Waals surface area (Å²) in [5, 5.41) is 0. The summed E-state index contributed by atoms with van der Waals surface area (Å²) in [6, 6.07) is 16.6. The zero-order valence-corrected chi connectivity index (χ0v) is 22.5. The SMILES string of the molecule is CCCCCn1cnc2ccccc21.CCCCCn1cnc2ccccc21.[Br][Ni][Br]. The van der Waals surface area contributed by atoms with Gasteiger partial charge in [0, 0.05) is 13.1 Å². The summed E-state index contributed by atoms with van der Waals surface area (Å²) < 4.78 is 4.48. The number of aromatic nitrogens is 4. The average molecular weight is 595 g/mol. The van der Waals surface area contributed by atoms with Crippen molar-refractivity contribution >= 4 is 50.5 Å². The first-order valence-electron chi connectivity index (χ1n) is 10.9. The molecule has 0 aliphatic carbocycles. The van der Waals surface area contributed by atoms with E-state index in [0.717, 1.165) is 24.1 Å². The molecule has 0 N–H and O–H groups in total. The van der Waals surface area contributed by atoms with E-state index in [1.807, 2.05) is 24.8 Å². The first-order chi connectivity index (χ1) is 15.2. The summed E-state index contributed by atoms with van der Waals surface area (Å²) in [5.41, 5.74) is 4.71. The van der Waals surface area contributed by atoms with Crippen LogP contribution in [0.5, 0.6) is 0 Å². The number of hydrogen-bond donors (Lipinski definition) is 0. The number of hydrogen-bond acceptors (Lipinski definition) is 2. The van der Waals surface area contributed by atoms with Crippen molar-refractivity contribution in [3.05, 3.63) is 61.2 Å². The van der Waals surface area contributed by atoms with Crippen LogP contribution >= 0.6 is 28.5 Å². The van der Waals surface area contributed by atoms with Crippen molar-refractivity contribution in [2.24, 2.45) is 0 Å². The first kappa shape index (κ1) is 26.1. The summed E-state index contributed by atoms with van der Waals surface area (Å²) in [6.07, 6.45) is 11.5. The van der Waals surface area contributed by atoms with E-state index in [4.69, 9.17) is 0 Å². The fourth-order valence-corrected chi connectivity index (χ4v) is 3.44. The summed E-state index contributed by atoms with van der Waals surface area (Å²) in [7, 11) is 1.25. The quantitative estimate of drug-likeness (QED) is 0.152. The van der Waals surface area contributed by atoms with Crippen molar-refractivity contribution in [2.75, 3.05) is 0 Å². The van der Waals surface area contributed by atoms with Crippen LogP contribution in [-0.2, 0) is 24.0 Å². The molecule has 2 aromatic heterocycles. The van der Waals surface area contributed by atoms with Crippen molar-refractivity contribution in [2.45, 2.75) is 65.5 Å². The van der Waals surface area contributed by atoms with Gasteiger partial charge in [-0.1, -0.05) is 63.8 Å². The molecule has 172 valence electrons. The van der Waals surface area contributed by atoms with Gasteiger partial charge in [0.25, 0.3) is 0 Å². The Morgan fingerprint density at radius 1 is 0.677 bits per heavy atom. The van der Waals surface area contributed by atoms with Crippen molar-refractivity contribution in [3.8, 4) is 0 Å². The van der Waals surface area contributed by atoms with Gasteiger partial charge in [0.2, 0.25) is 0 Å².